The van der Waals surface area contributed by atoms with Crippen molar-refractivity contribution in [3.05, 3.63) is 0 Å². The summed E-state index contributed by atoms with van der Waals surface area (Å²) in [4.78, 5) is 2.27. The summed E-state index contributed by atoms with van der Waals surface area (Å²) >= 11 is 0. The Kier molecular flexibility index (Phi) is 9.49. The molecule has 0 saturated heterocycles. The first-order valence-corrected chi connectivity index (χ1v) is 5.35. The monoisotopic (exact) mass is 214 g/mol. The molecular weight excluding hydrogens is 192 g/mol. The lowest BCUT2D eigenvalue weighted by molar-refractivity contribution is 0.112. The van der Waals surface area contributed by atoms with Gasteiger partial charge in [0.05, 0.1) is 19.1 Å². The van der Waals surface area contributed by atoms with Gasteiger partial charge in [0.1, 0.15) is 0 Å². The molecule has 0 rings (SSSR count). The SMILES string of the molecule is COCCCN(CCOC)C(C)CC#N. The lowest BCUT2D eigenvalue weighted by Gasteiger charge is -2.27. The van der Waals surface area contributed by atoms with Crippen LogP contribution >= 0.6 is 0 Å². The van der Waals surface area contributed by atoms with Crippen molar-refractivity contribution in [2.75, 3.05) is 40.5 Å². The Balaban J connectivity index is 3.88. The number of nitriles is 1. The van der Waals surface area contributed by atoms with Crippen molar-refractivity contribution in [1.82, 2.24) is 4.90 Å². The van der Waals surface area contributed by atoms with Crippen LogP contribution in [-0.4, -0.2) is 51.5 Å². The third-order valence-electron chi connectivity index (χ3n) is 2.39. The largest absolute Gasteiger partial charge is 0.385 e. The summed E-state index contributed by atoms with van der Waals surface area (Å²) < 4.78 is 10.1. The van der Waals surface area contributed by atoms with Crippen LogP contribution in [0.15, 0.2) is 0 Å². The Labute approximate surface area is 92.8 Å². The molecule has 0 radical (unpaired) electrons. The minimum atomic E-state index is 0.294. The van der Waals surface area contributed by atoms with Crippen LogP contribution in [0.1, 0.15) is 19.8 Å². The molecule has 0 fully saturated rings. The second-order valence-electron chi connectivity index (χ2n) is 3.59. The second kappa shape index (κ2) is 9.91. The summed E-state index contributed by atoms with van der Waals surface area (Å²) in [6.45, 7) is 5.39. The molecule has 88 valence electrons. The maximum atomic E-state index is 8.65. The zero-order valence-electron chi connectivity index (χ0n) is 10.0. The zero-order chi connectivity index (χ0) is 11.5. The third kappa shape index (κ3) is 7.32. The van der Waals surface area contributed by atoms with Gasteiger partial charge in [-0.15, -0.1) is 0 Å². The van der Waals surface area contributed by atoms with Crippen molar-refractivity contribution < 1.29 is 9.47 Å². The molecule has 0 saturated carbocycles. The van der Waals surface area contributed by atoms with Crippen LogP contribution in [0.3, 0.4) is 0 Å². The molecule has 0 N–H and O–H groups in total. The van der Waals surface area contributed by atoms with Crippen LogP contribution < -0.4 is 0 Å². The van der Waals surface area contributed by atoms with E-state index in [1.807, 2.05) is 0 Å². The van der Waals surface area contributed by atoms with Crippen molar-refractivity contribution in [2.24, 2.45) is 0 Å². The fourth-order valence-electron chi connectivity index (χ4n) is 1.43. The number of hydrogen-bond donors (Lipinski definition) is 0. The number of ether oxygens (including phenoxy) is 2. The zero-order valence-corrected chi connectivity index (χ0v) is 10.0. The van der Waals surface area contributed by atoms with Crippen molar-refractivity contribution in [1.29, 1.82) is 5.26 Å². The van der Waals surface area contributed by atoms with E-state index < -0.39 is 0 Å². The molecule has 0 aliphatic heterocycles. The van der Waals surface area contributed by atoms with E-state index in [0.29, 0.717) is 19.1 Å². The predicted molar refractivity (Wildman–Crippen MR) is 59.6 cm³/mol. The van der Waals surface area contributed by atoms with Crippen molar-refractivity contribution >= 4 is 0 Å². The standard InChI is InChI=1S/C11H22N2O2/c1-11(5-6-12)13(8-10-15-3)7-4-9-14-2/h11H,4-5,7-10H2,1-3H3. The average molecular weight is 214 g/mol. The van der Waals surface area contributed by atoms with Crippen molar-refractivity contribution in [3.63, 3.8) is 0 Å². The first-order chi connectivity index (χ1) is 7.26. The van der Waals surface area contributed by atoms with Gasteiger partial charge >= 0.3 is 0 Å². The highest BCUT2D eigenvalue weighted by molar-refractivity contribution is 4.79. The van der Waals surface area contributed by atoms with Crippen LogP contribution in [0, 0.1) is 11.3 Å². The minimum absolute atomic E-state index is 0.294. The normalized spacial score (nSPS) is 12.7. The van der Waals surface area contributed by atoms with Crippen molar-refractivity contribution in [2.45, 2.75) is 25.8 Å². The van der Waals surface area contributed by atoms with Gasteiger partial charge in [-0.05, 0) is 13.3 Å². The van der Waals surface area contributed by atoms with Crippen LogP contribution in [0.2, 0.25) is 0 Å². The van der Waals surface area contributed by atoms with Crippen LogP contribution in [0.25, 0.3) is 0 Å². The van der Waals surface area contributed by atoms with E-state index in [0.717, 1.165) is 26.1 Å². The van der Waals surface area contributed by atoms with Gasteiger partial charge in [-0.3, -0.25) is 4.90 Å². The Hall–Kier alpha value is -0.630. The molecule has 0 spiro atoms. The predicted octanol–water partition coefficient (Wildman–Crippen LogP) is 1.27. The highest BCUT2D eigenvalue weighted by atomic mass is 16.5. The summed E-state index contributed by atoms with van der Waals surface area (Å²) in [7, 11) is 3.40. The number of rotatable bonds is 9. The summed E-state index contributed by atoms with van der Waals surface area (Å²) in [5, 5.41) is 8.65. The van der Waals surface area contributed by atoms with E-state index in [-0.39, 0.29) is 0 Å². The van der Waals surface area contributed by atoms with E-state index in [2.05, 4.69) is 17.9 Å². The molecule has 1 unspecified atom stereocenters. The summed E-state index contributed by atoms with van der Waals surface area (Å²) in [5.74, 6) is 0. The molecule has 0 aromatic rings. The van der Waals surface area contributed by atoms with Crippen molar-refractivity contribution in [3.8, 4) is 6.07 Å². The van der Waals surface area contributed by atoms with Crippen LogP contribution in [0.5, 0.6) is 0 Å². The fraction of sp³-hybridized carbons (Fsp3) is 0.909. The van der Waals surface area contributed by atoms with Gasteiger partial charge in [0.2, 0.25) is 0 Å². The van der Waals surface area contributed by atoms with Gasteiger partial charge in [-0.25, -0.2) is 0 Å². The van der Waals surface area contributed by atoms with E-state index >= 15 is 0 Å². The lowest BCUT2D eigenvalue weighted by Crippen LogP contribution is -2.36. The third-order valence-corrected chi connectivity index (χ3v) is 2.39. The second-order valence-corrected chi connectivity index (χ2v) is 3.59. The lowest BCUT2D eigenvalue weighted by atomic mass is 10.2. The fourth-order valence-corrected chi connectivity index (χ4v) is 1.43. The Morgan fingerprint density at radius 3 is 2.40 bits per heavy atom. The topological polar surface area (TPSA) is 45.5 Å². The summed E-state index contributed by atoms with van der Waals surface area (Å²) in [6, 6.07) is 2.49. The molecule has 15 heavy (non-hydrogen) atoms. The number of hydrogen-bond acceptors (Lipinski definition) is 4. The number of methoxy groups -OCH3 is 2. The van der Waals surface area contributed by atoms with E-state index in [1.54, 1.807) is 14.2 Å². The quantitative estimate of drug-likeness (QED) is 0.542. The Bertz CT molecular complexity index is 180. The van der Waals surface area contributed by atoms with Gasteiger partial charge in [0, 0.05) is 40.0 Å². The van der Waals surface area contributed by atoms with E-state index in [1.165, 1.54) is 0 Å². The molecule has 0 bridgehead atoms. The van der Waals surface area contributed by atoms with Gasteiger partial charge < -0.3 is 9.47 Å². The molecular formula is C11H22N2O2. The molecule has 4 heteroatoms. The van der Waals surface area contributed by atoms with Gasteiger partial charge in [0.25, 0.3) is 0 Å². The molecule has 0 heterocycles. The molecule has 0 aliphatic carbocycles. The average Bonchev–Trinajstić information content (AvgIpc) is 2.23. The first-order valence-electron chi connectivity index (χ1n) is 5.35. The van der Waals surface area contributed by atoms with E-state index in [4.69, 9.17) is 14.7 Å². The summed E-state index contributed by atoms with van der Waals surface area (Å²) in [6.07, 6.45) is 1.56. The molecule has 0 aliphatic rings. The molecule has 0 amide bonds. The summed E-state index contributed by atoms with van der Waals surface area (Å²) in [5.41, 5.74) is 0. The number of nitrogens with zero attached hydrogens (tertiary/aromatic N) is 2. The van der Waals surface area contributed by atoms with Gasteiger partial charge in [-0.2, -0.15) is 5.26 Å². The maximum Gasteiger partial charge on any atom is 0.0638 e. The Morgan fingerprint density at radius 1 is 1.20 bits per heavy atom. The molecule has 0 aromatic carbocycles. The maximum absolute atomic E-state index is 8.65. The highest BCUT2D eigenvalue weighted by Gasteiger charge is 2.12. The smallest absolute Gasteiger partial charge is 0.0638 e. The van der Waals surface area contributed by atoms with Crippen LogP contribution in [-0.2, 0) is 9.47 Å². The highest BCUT2D eigenvalue weighted by Crippen LogP contribution is 2.04. The van der Waals surface area contributed by atoms with Gasteiger partial charge in [-0.1, -0.05) is 0 Å². The first kappa shape index (κ1) is 14.4. The minimum Gasteiger partial charge on any atom is -0.385 e. The molecule has 0 aromatic heterocycles. The molecule has 4 nitrogen and oxygen atoms in total. The van der Waals surface area contributed by atoms with E-state index in [9.17, 15) is 0 Å². The Morgan fingerprint density at radius 2 is 1.87 bits per heavy atom. The molecule has 1 atom stereocenters. The van der Waals surface area contributed by atoms with Gasteiger partial charge in [0.15, 0.2) is 0 Å². The van der Waals surface area contributed by atoms with Crippen LogP contribution in [0.4, 0.5) is 0 Å².